The molecule has 1 aliphatic rings. The van der Waals surface area contributed by atoms with Crippen LogP contribution < -0.4 is 15.5 Å². The minimum atomic E-state index is -0.397. The molecule has 0 aliphatic carbocycles. The third kappa shape index (κ3) is 4.94. The van der Waals surface area contributed by atoms with Crippen LogP contribution in [0.1, 0.15) is 31.4 Å². The summed E-state index contributed by atoms with van der Waals surface area (Å²) in [7, 11) is 0. The zero-order valence-electron chi connectivity index (χ0n) is 15.2. The Labute approximate surface area is 158 Å². The molecule has 0 unspecified atom stereocenters. The molecule has 27 heavy (non-hydrogen) atoms. The Morgan fingerprint density at radius 3 is 2.33 bits per heavy atom. The maximum atomic E-state index is 12.5. The Bertz CT molecular complexity index is 808. The molecular formula is C21H23N3O3. The van der Waals surface area contributed by atoms with Crippen LogP contribution in [0.4, 0.5) is 5.69 Å². The molecule has 2 aromatic carbocycles. The number of anilines is 1. The van der Waals surface area contributed by atoms with E-state index in [1.165, 1.54) is 6.92 Å². The SMILES string of the molecule is CC(=O)N[C@H](CC(=O)N[C@@H]1CC(=O)N(c2ccccc2)C1)c1ccccc1. The summed E-state index contributed by atoms with van der Waals surface area (Å²) in [5.41, 5.74) is 1.70. The largest absolute Gasteiger partial charge is 0.351 e. The highest BCUT2D eigenvalue weighted by Crippen LogP contribution is 2.22. The van der Waals surface area contributed by atoms with Crippen molar-refractivity contribution in [3.05, 3.63) is 66.2 Å². The second kappa shape index (κ2) is 8.49. The van der Waals surface area contributed by atoms with Crippen LogP contribution in [0.2, 0.25) is 0 Å². The zero-order chi connectivity index (χ0) is 19.2. The van der Waals surface area contributed by atoms with Crippen molar-refractivity contribution in [1.82, 2.24) is 10.6 Å². The maximum absolute atomic E-state index is 12.5. The molecule has 3 rings (SSSR count). The van der Waals surface area contributed by atoms with E-state index in [9.17, 15) is 14.4 Å². The van der Waals surface area contributed by atoms with Crippen molar-refractivity contribution in [2.45, 2.75) is 31.8 Å². The predicted molar refractivity (Wildman–Crippen MR) is 103 cm³/mol. The number of amides is 3. The van der Waals surface area contributed by atoms with Gasteiger partial charge in [-0.3, -0.25) is 14.4 Å². The highest BCUT2D eigenvalue weighted by molar-refractivity contribution is 5.96. The van der Waals surface area contributed by atoms with Gasteiger partial charge in [0.2, 0.25) is 17.7 Å². The number of nitrogens with one attached hydrogen (secondary N) is 2. The van der Waals surface area contributed by atoms with Crippen LogP contribution in [0.3, 0.4) is 0 Å². The third-order valence-corrected chi connectivity index (χ3v) is 4.53. The predicted octanol–water partition coefficient (Wildman–Crippen LogP) is 2.18. The summed E-state index contributed by atoms with van der Waals surface area (Å²) in [6.07, 6.45) is 0.399. The van der Waals surface area contributed by atoms with Crippen molar-refractivity contribution in [3.63, 3.8) is 0 Å². The van der Waals surface area contributed by atoms with Gasteiger partial charge in [0.05, 0.1) is 18.5 Å². The van der Waals surface area contributed by atoms with Gasteiger partial charge in [0.1, 0.15) is 0 Å². The number of rotatable bonds is 6. The van der Waals surface area contributed by atoms with Gasteiger partial charge in [0.25, 0.3) is 0 Å². The van der Waals surface area contributed by atoms with Gasteiger partial charge in [-0.25, -0.2) is 0 Å². The average molecular weight is 365 g/mol. The van der Waals surface area contributed by atoms with E-state index < -0.39 is 6.04 Å². The summed E-state index contributed by atoms with van der Waals surface area (Å²) in [6.45, 7) is 1.88. The van der Waals surface area contributed by atoms with Gasteiger partial charge in [0, 0.05) is 25.6 Å². The number of benzene rings is 2. The molecule has 3 amide bonds. The summed E-state index contributed by atoms with van der Waals surface area (Å²) in [5.74, 6) is -0.388. The summed E-state index contributed by atoms with van der Waals surface area (Å²) in [4.78, 5) is 38.0. The van der Waals surface area contributed by atoms with Crippen molar-refractivity contribution >= 4 is 23.4 Å². The fraction of sp³-hybridized carbons (Fsp3) is 0.286. The maximum Gasteiger partial charge on any atom is 0.229 e. The highest BCUT2D eigenvalue weighted by atomic mass is 16.2. The molecule has 6 heteroatoms. The van der Waals surface area contributed by atoms with Gasteiger partial charge >= 0.3 is 0 Å². The fourth-order valence-corrected chi connectivity index (χ4v) is 3.32. The molecule has 0 bridgehead atoms. The second-order valence-electron chi connectivity index (χ2n) is 6.68. The summed E-state index contributed by atoms with van der Waals surface area (Å²) >= 11 is 0. The zero-order valence-corrected chi connectivity index (χ0v) is 15.2. The van der Waals surface area contributed by atoms with Crippen LogP contribution in [-0.4, -0.2) is 30.3 Å². The molecule has 1 heterocycles. The standard InChI is InChI=1S/C21H23N3O3/c1-15(25)22-19(16-8-4-2-5-9-16)13-20(26)23-17-12-21(27)24(14-17)18-10-6-3-7-11-18/h2-11,17,19H,12-14H2,1H3,(H,22,25)(H,23,26)/t17-,19-/m1/s1. The number of para-hydroxylation sites is 1. The van der Waals surface area contributed by atoms with E-state index in [0.717, 1.165) is 11.3 Å². The molecule has 0 aromatic heterocycles. The number of carbonyl (C=O) groups is 3. The van der Waals surface area contributed by atoms with E-state index in [4.69, 9.17) is 0 Å². The van der Waals surface area contributed by atoms with E-state index in [-0.39, 0.29) is 36.6 Å². The fourth-order valence-electron chi connectivity index (χ4n) is 3.32. The number of hydrogen-bond donors (Lipinski definition) is 2. The lowest BCUT2D eigenvalue weighted by Crippen LogP contribution is -2.39. The molecule has 2 atom stereocenters. The smallest absolute Gasteiger partial charge is 0.229 e. The molecule has 1 saturated heterocycles. The van der Waals surface area contributed by atoms with E-state index in [0.29, 0.717) is 6.54 Å². The van der Waals surface area contributed by atoms with Gasteiger partial charge in [0.15, 0.2) is 0 Å². The number of nitrogens with zero attached hydrogens (tertiary/aromatic N) is 1. The Morgan fingerprint density at radius 2 is 1.70 bits per heavy atom. The number of carbonyl (C=O) groups excluding carboxylic acids is 3. The third-order valence-electron chi connectivity index (χ3n) is 4.53. The normalized spacial score (nSPS) is 17.4. The topological polar surface area (TPSA) is 78.5 Å². The van der Waals surface area contributed by atoms with Crippen LogP contribution >= 0.6 is 0 Å². The molecular weight excluding hydrogens is 342 g/mol. The Morgan fingerprint density at radius 1 is 1.07 bits per heavy atom. The van der Waals surface area contributed by atoms with Crippen LogP contribution in [0.25, 0.3) is 0 Å². The second-order valence-corrected chi connectivity index (χ2v) is 6.68. The van der Waals surface area contributed by atoms with Crippen LogP contribution in [-0.2, 0) is 14.4 Å². The summed E-state index contributed by atoms with van der Waals surface area (Å²) in [5, 5.41) is 5.75. The van der Waals surface area contributed by atoms with Crippen molar-refractivity contribution in [3.8, 4) is 0 Å². The summed E-state index contributed by atoms with van der Waals surface area (Å²) in [6, 6.07) is 18.2. The molecule has 0 radical (unpaired) electrons. The van der Waals surface area contributed by atoms with Gasteiger partial charge in [-0.2, -0.15) is 0 Å². The Hall–Kier alpha value is -3.15. The quantitative estimate of drug-likeness (QED) is 0.824. The lowest BCUT2D eigenvalue weighted by molar-refractivity contribution is -0.123. The molecule has 0 saturated carbocycles. The average Bonchev–Trinajstić information content (AvgIpc) is 3.02. The minimum absolute atomic E-state index is 0.00651. The first-order valence-corrected chi connectivity index (χ1v) is 9.00. The minimum Gasteiger partial charge on any atom is -0.351 e. The van der Waals surface area contributed by atoms with Gasteiger partial charge in [-0.05, 0) is 17.7 Å². The molecule has 1 fully saturated rings. The molecule has 2 aromatic rings. The monoisotopic (exact) mass is 365 g/mol. The van der Waals surface area contributed by atoms with Gasteiger partial charge in [-0.15, -0.1) is 0 Å². The van der Waals surface area contributed by atoms with Crippen LogP contribution in [0.5, 0.6) is 0 Å². The molecule has 2 N–H and O–H groups in total. The lowest BCUT2D eigenvalue weighted by Gasteiger charge is -2.20. The highest BCUT2D eigenvalue weighted by Gasteiger charge is 2.32. The molecule has 0 spiro atoms. The van der Waals surface area contributed by atoms with Crippen LogP contribution in [0, 0.1) is 0 Å². The van der Waals surface area contributed by atoms with E-state index in [2.05, 4.69) is 10.6 Å². The van der Waals surface area contributed by atoms with Crippen molar-refractivity contribution in [1.29, 1.82) is 0 Å². The first-order chi connectivity index (χ1) is 13.0. The van der Waals surface area contributed by atoms with Crippen molar-refractivity contribution in [2.75, 3.05) is 11.4 Å². The molecule has 6 nitrogen and oxygen atoms in total. The molecule has 140 valence electrons. The molecule has 1 aliphatic heterocycles. The Balaban J connectivity index is 1.61. The van der Waals surface area contributed by atoms with E-state index in [1.807, 2.05) is 60.7 Å². The Kier molecular flexibility index (Phi) is 5.86. The van der Waals surface area contributed by atoms with Gasteiger partial charge in [-0.1, -0.05) is 48.5 Å². The van der Waals surface area contributed by atoms with E-state index in [1.54, 1.807) is 4.90 Å². The first kappa shape index (κ1) is 18.6. The van der Waals surface area contributed by atoms with Crippen molar-refractivity contribution in [2.24, 2.45) is 0 Å². The summed E-state index contributed by atoms with van der Waals surface area (Å²) < 4.78 is 0. The first-order valence-electron chi connectivity index (χ1n) is 9.00. The lowest BCUT2D eigenvalue weighted by atomic mass is 10.0. The van der Waals surface area contributed by atoms with Crippen molar-refractivity contribution < 1.29 is 14.4 Å². The number of hydrogen-bond acceptors (Lipinski definition) is 3. The van der Waals surface area contributed by atoms with Crippen LogP contribution in [0.15, 0.2) is 60.7 Å². The van der Waals surface area contributed by atoms with E-state index >= 15 is 0 Å². The van der Waals surface area contributed by atoms with Gasteiger partial charge < -0.3 is 15.5 Å².